The Labute approximate surface area is 262 Å². The summed E-state index contributed by atoms with van der Waals surface area (Å²) in [7, 11) is 0. The Kier molecular flexibility index (Phi) is 8.51. The first-order valence-corrected chi connectivity index (χ1v) is 15.3. The van der Waals surface area contributed by atoms with Gasteiger partial charge in [0.15, 0.2) is 0 Å². The van der Waals surface area contributed by atoms with Crippen LogP contribution >= 0.6 is 35.0 Å². The quantitative estimate of drug-likeness (QED) is 0.203. The van der Waals surface area contributed by atoms with Crippen LogP contribution in [0.25, 0.3) is 16.9 Å². The van der Waals surface area contributed by atoms with E-state index in [4.69, 9.17) is 28.3 Å². The molecule has 1 aliphatic rings. The van der Waals surface area contributed by atoms with Crippen LogP contribution in [0.5, 0.6) is 0 Å². The van der Waals surface area contributed by atoms with Crippen molar-refractivity contribution in [2.24, 2.45) is 0 Å². The molecule has 2 amide bonds. The average molecular weight is 632 g/mol. The Morgan fingerprint density at radius 2 is 1.70 bits per heavy atom. The average Bonchev–Trinajstić information content (AvgIpc) is 3.33. The van der Waals surface area contributed by atoms with Crippen molar-refractivity contribution < 1.29 is 14.0 Å². The third-order valence-electron chi connectivity index (χ3n) is 7.07. The van der Waals surface area contributed by atoms with Crippen molar-refractivity contribution in [1.82, 2.24) is 15.1 Å². The lowest BCUT2D eigenvalue weighted by atomic mass is 9.99. The molecule has 43 heavy (non-hydrogen) atoms. The number of benzene rings is 4. The molecule has 216 valence electrons. The molecule has 0 fully saturated rings. The maximum Gasteiger partial charge on any atom is 0.240 e. The first-order valence-electron chi connectivity index (χ1n) is 13.5. The highest BCUT2D eigenvalue weighted by molar-refractivity contribution is 8.00. The van der Waals surface area contributed by atoms with E-state index in [0.29, 0.717) is 27.2 Å². The zero-order valence-corrected chi connectivity index (χ0v) is 25.0. The van der Waals surface area contributed by atoms with Crippen molar-refractivity contribution in [2.45, 2.75) is 11.8 Å². The number of thioether (sulfide) groups is 1. The molecule has 6 rings (SSSR count). The molecule has 1 aliphatic heterocycles. The Hall–Kier alpha value is -4.11. The highest BCUT2D eigenvalue weighted by atomic mass is 35.5. The molecular formula is C33H25Cl2FN4O2S. The third-order valence-corrected chi connectivity index (χ3v) is 8.88. The molecule has 0 spiro atoms. The van der Waals surface area contributed by atoms with Crippen molar-refractivity contribution in [2.75, 3.05) is 17.2 Å². The van der Waals surface area contributed by atoms with Crippen LogP contribution in [0.2, 0.25) is 10.0 Å². The van der Waals surface area contributed by atoms with Crippen LogP contribution in [-0.4, -0.2) is 33.9 Å². The minimum atomic E-state index is -0.372. The monoisotopic (exact) mass is 630 g/mol. The summed E-state index contributed by atoms with van der Waals surface area (Å²) in [6.07, 6.45) is 0. The van der Waals surface area contributed by atoms with E-state index in [9.17, 15) is 14.0 Å². The molecule has 0 saturated heterocycles. The summed E-state index contributed by atoms with van der Waals surface area (Å²) < 4.78 is 15.0. The fourth-order valence-corrected chi connectivity index (χ4v) is 6.66. The second-order valence-corrected chi connectivity index (χ2v) is 11.9. The predicted molar refractivity (Wildman–Crippen MR) is 170 cm³/mol. The van der Waals surface area contributed by atoms with E-state index in [1.807, 2.05) is 72.8 Å². The third kappa shape index (κ3) is 6.18. The number of fused-ring (bicyclic) bond motifs is 1. The van der Waals surface area contributed by atoms with Gasteiger partial charge in [0.05, 0.1) is 27.4 Å². The number of rotatable bonds is 7. The van der Waals surface area contributed by atoms with Gasteiger partial charge in [0, 0.05) is 22.7 Å². The van der Waals surface area contributed by atoms with Crippen molar-refractivity contribution in [3.63, 3.8) is 0 Å². The Morgan fingerprint density at radius 3 is 2.44 bits per heavy atom. The molecule has 1 N–H and O–H groups in total. The lowest BCUT2D eigenvalue weighted by Gasteiger charge is -2.23. The van der Waals surface area contributed by atoms with Crippen LogP contribution in [0.1, 0.15) is 21.9 Å². The molecule has 0 radical (unpaired) electrons. The number of carbonyl (C=O) groups is 2. The highest BCUT2D eigenvalue weighted by Gasteiger charge is 2.38. The van der Waals surface area contributed by atoms with E-state index in [0.717, 1.165) is 22.3 Å². The summed E-state index contributed by atoms with van der Waals surface area (Å²) in [4.78, 5) is 28.7. The fourth-order valence-electron chi connectivity index (χ4n) is 5.06. The zero-order valence-electron chi connectivity index (χ0n) is 22.7. The van der Waals surface area contributed by atoms with Gasteiger partial charge in [-0.05, 0) is 47.5 Å². The zero-order chi connectivity index (χ0) is 29.9. The number of hydrogen-bond acceptors (Lipinski definition) is 4. The lowest BCUT2D eigenvalue weighted by Crippen LogP contribution is -2.42. The second kappa shape index (κ2) is 12.6. The minimum absolute atomic E-state index is 0.119. The SMILES string of the molecule is O=C(CN1C(=O)CS[C@@H](c2cccc(Cl)c2)c2c(-c3ccccc3)nn(-c3ccccc3Cl)c21)NCc1ccc(F)cc1. The van der Waals surface area contributed by atoms with Gasteiger partial charge in [0.2, 0.25) is 11.8 Å². The molecule has 6 nitrogen and oxygen atoms in total. The van der Waals surface area contributed by atoms with Gasteiger partial charge >= 0.3 is 0 Å². The predicted octanol–water partition coefficient (Wildman–Crippen LogP) is 7.47. The largest absolute Gasteiger partial charge is 0.350 e. The summed E-state index contributed by atoms with van der Waals surface area (Å²) in [5.41, 5.74) is 4.51. The van der Waals surface area contributed by atoms with Crippen LogP contribution in [0.3, 0.4) is 0 Å². The summed E-state index contributed by atoms with van der Waals surface area (Å²) in [6, 6.07) is 30.4. The maximum absolute atomic E-state index is 13.9. The molecule has 4 aromatic carbocycles. The van der Waals surface area contributed by atoms with Gasteiger partial charge in [-0.3, -0.25) is 14.5 Å². The molecule has 1 aromatic heterocycles. The highest BCUT2D eigenvalue weighted by Crippen LogP contribution is 2.49. The van der Waals surface area contributed by atoms with E-state index in [2.05, 4.69) is 5.32 Å². The van der Waals surface area contributed by atoms with Crippen LogP contribution in [0, 0.1) is 5.82 Å². The molecule has 0 unspecified atom stereocenters. The van der Waals surface area contributed by atoms with E-state index in [-0.39, 0.29) is 41.7 Å². The number of carbonyl (C=O) groups excluding carboxylic acids is 2. The van der Waals surface area contributed by atoms with Crippen molar-refractivity contribution in [1.29, 1.82) is 0 Å². The van der Waals surface area contributed by atoms with E-state index in [1.54, 1.807) is 22.9 Å². The number of amides is 2. The van der Waals surface area contributed by atoms with E-state index in [1.165, 1.54) is 28.8 Å². The van der Waals surface area contributed by atoms with Crippen LogP contribution in [0.4, 0.5) is 10.2 Å². The number of halogens is 3. The Bertz CT molecular complexity index is 1800. The van der Waals surface area contributed by atoms with Crippen molar-refractivity contribution in [3.8, 4) is 16.9 Å². The van der Waals surface area contributed by atoms with Gasteiger partial charge in [-0.25, -0.2) is 9.07 Å². The van der Waals surface area contributed by atoms with Crippen LogP contribution in [0.15, 0.2) is 103 Å². The van der Waals surface area contributed by atoms with Gasteiger partial charge < -0.3 is 5.32 Å². The molecule has 1 atom stereocenters. The van der Waals surface area contributed by atoms with Gasteiger partial charge in [-0.1, -0.05) is 89.9 Å². The first kappa shape index (κ1) is 29.0. The Morgan fingerprint density at radius 1 is 0.953 bits per heavy atom. The van der Waals surface area contributed by atoms with Gasteiger partial charge in [0.1, 0.15) is 18.2 Å². The number of anilines is 1. The molecule has 5 aromatic rings. The molecule has 0 aliphatic carbocycles. The molecular weight excluding hydrogens is 606 g/mol. The normalized spacial score (nSPS) is 14.7. The van der Waals surface area contributed by atoms with Gasteiger partial charge in [-0.15, -0.1) is 11.8 Å². The number of aromatic nitrogens is 2. The number of nitrogens with zero attached hydrogens (tertiary/aromatic N) is 3. The second-order valence-electron chi connectivity index (χ2n) is 9.94. The van der Waals surface area contributed by atoms with Crippen molar-refractivity contribution >= 4 is 52.6 Å². The minimum Gasteiger partial charge on any atom is -0.350 e. The fraction of sp³-hybridized carbons (Fsp3) is 0.121. The smallest absolute Gasteiger partial charge is 0.240 e. The molecule has 0 saturated carbocycles. The van der Waals surface area contributed by atoms with E-state index < -0.39 is 0 Å². The van der Waals surface area contributed by atoms with Crippen LogP contribution < -0.4 is 10.2 Å². The number of para-hydroxylation sites is 1. The topological polar surface area (TPSA) is 67.2 Å². The van der Waals surface area contributed by atoms with Crippen LogP contribution in [-0.2, 0) is 16.1 Å². The van der Waals surface area contributed by atoms with Gasteiger partial charge in [-0.2, -0.15) is 5.10 Å². The lowest BCUT2D eigenvalue weighted by molar-refractivity contribution is -0.123. The summed E-state index contributed by atoms with van der Waals surface area (Å²) in [5, 5.41) is 8.61. The number of nitrogens with one attached hydrogen (secondary N) is 1. The Balaban J connectivity index is 1.51. The molecule has 0 bridgehead atoms. The molecule has 2 heterocycles. The first-order chi connectivity index (χ1) is 20.9. The van der Waals surface area contributed by atoms with Gasteiger partial charge in [0.25, 0.3) is 0 Å². The molecule has 10 heteroatoms. The summed E-state index contributed by atoms with van der Waals surface area (Å²) in [5.74, 6) is -0.396. The van der Waals surface area contributed by atoms with Crippen molar-refractivity contribution in [3.05, 3.63) is 136 Å². The summed E-state index contributed by atoms with van der Waals surface area (Å²) in [6.45, 7) is -0.0623. The standard InChI is InChI=1S/C33H25Cl2FN4O2S/c34-24-10-6-9-23(17-24)32-30-31(22-7-2-1-3-8-22)38-40(27-12-5-4-11-26(27)35)33(30)39(29(42)20-43-32)19-28(41)37-18-21-13-15-25(36)16-14-21/h1-17,32H,18-20H2,(H,37,41)/t32-/m0/s1. The maximum atomic E-state index is 13.9. The number of hydrogen-bond donors (Lipinski definition) is 1. The summed E-state index contributed by atoms with van der Waals surface area (Å²) >= 11 is 14.6. The van der Waals surface area contributed by atoms with E-state index >= 15 is 0 Å².